The molecular weight excluding hydrogens is 266 g/mol. The number of nitrogens with one attached hydrogen (secondary N) is 2. The number of nitrogens with two attached hydrogens (primary N) is 1. The minimum atomic E-state index is -0.115. The average molecular weight is 291 g/mol. The number of hydrogen-bond donors (Lipinski definition) is 3. The number of anilines is 2. The summed E-state index contributed by atoms with van der Waals surface area (Å²) in [6.45, 7) is 7.10. The van der Waals surface area contributed by atoms with Crippen molar-refractivity contribution in [1.29, 1.82) is 0 Å². The zero-order valence-electron chi connectivity index (χ0n) is 13.2. The van der Waals surface area contributed by atoms with Crippen LogP contribution < -0.4 is 16.4 Å². The summed E-state index contributed by atoms with van der Waals surface area (Å²) in [6, 6.07) is 5.57. The predicted molar refractivity (Wildman–Crippen MR) is 85.5 cm³/mol. The Morgan fingerprint density at radius 3 is 2.76 bits per heavy atom. The van der Waals surface area contributed by atoms with Crippen molar-refractivity contribution < 1.29 is 9.53 Å². The van der Waals surface area contributed by atoms with E-state index in [1.165, 1.54) is 0 Å². The highest BCUT2D eigenvalue weighted by atomic mass is 16.5. The second kappa shape index (κ2) is 5.93. The second-order valence-electron chi connectivity index (χ2n) is 6.08. The molecule has 1 fully saturated rings. The van der Waals surface area contributed by atoms with Gasteiger partial charge in [0.15, 0.2) is 0 Å². The molecule has 1 aliphatic carbocycles. The van der Waals surface area contributed by atoms with Crippen LogP contribution in [0.2, 0.25) is 0 Å². The third-order valence-electron chi connectivity index (χ3n) is 4.39. The first-order valence-corrected chi connectivity index (χ1v) is 7.39. The topological polar surface area (TPSA) is 76.4 Å². The summed E-state index contributed by atoms with van der Waals surface area (Å²) in [7, 11) is 1.63. The second-order valence-corrected chi connectivity index (χ2v) is 6.08. The quantitative estimate of drug-likeness (QED) is 0.727. The number of rotatable bonds is 5. The number of amides is 1. The summed E-state index contributed by atoms with van der Waals surface area (Å²) >= 11 is 0. The maximum Gasteiger partial charge on any atom is 0.253 e. The summed E-state index contributed by atoms with van der Waals surface area (Å²) in [4.78, 5) is 11.9. The highest BCUT2D eigenvalue weighted by Gasteiger charge is 2.49. The fraction of sp³-hybridized carbons (Fsp3) is 0.562. The maximum absolute atomic E-state index is 11.9. The summed E-state index contributed by atoms with van der Waals surface area (Å²) in [5, 5.41) is 6.12. The van der Waals surface area contributed by atoms with Gasteiger partial charge >= 0.3 is 0 Å². The Hall–Kier alpha value is -1.75. The molecule has 0 aromatic heterocycles. The van der Waals surface area contributed by atoms with Crippen molar-refractivity contribution in [2.45, 2.75) is 39.3 Å². The summed E-state index contributed by atoms with van der Waals surface area (Å²) in [5.41, 5.74) is 7.91. The van der Waals surface area contributed by atoms with Gasteiger partial charge in [0.2, 0.25) is 0 Å². The maximum atomic E-state index is 11.9. The highest BCUT2D eigenvalue weighted by molar-refractivity contribution is 6.00. The molecule has 2 atom stereocenters. The Morgan fingerprint density at radius 2 is 2.19 bits per heavy atom. The van der Waals surface area contributed by atoms with Crippen LogP contribution in [0.5, 0.6) is 0 Å². The number of ether oxygens (including phenoxy) is 1. The lowest BCUT2D eigenvalue weighted by Gasteiger charge is -2.52. The van der Waals surface area contributed by atoms with Crippen LogP contribution in [0.3, 0.4) is 0 Å². The molecule has 1 aliphatic rings. The number of carbonyl (C=O) groups excluding carboxylic acids is 1. The molecule has 2 unspecified atom stereocenters. The fourth-order valence-corrected chi connectivity index (χ4v) is 2.82. The molecule has 0 heterocycles. The van der Waals surface area contributed by atoms with Gasteiger partial charge < -0.3 is 21.1 Å². The van der Waals surface area contributed by atoms with Crippen molar-refractivity contribution in [2.24, 2.45) is 5.41 Å². The van der Waals surface area contributed by atoms with E-state index in [0.717, 1.165) is 18.7 Å². The zero-order valence-corrected chi connectivity index (χ0v) is 13.2. The number of carbonyl (C=O) groups is 1. The van der Waals surface area contributed by atoms with Crippen molar-refractivity contribution in [3.8, 4) is 0 Å². The van der Waals surface area contributed by atoms with Gasteiger partial charge in [-0.2, -0.15) is 0 Å². The molecule has 1 aromatic carbocycles. The Labute approximate surface area is 126 Å². The van der Waals surface area contributed by atoms with E-state index in [-0.39, 0.29) is 23.5 Å². The lowest BCUT2D eigenvalue weighted by atomic mass is 9.64. The first-order valence-electron chi connectivity index (χ1n) is 7.39. The standard InChI is InChI=1S/C16H25N3O2/c1-5-21-14-9-13(16(14,2)3)19-12-8-10(17)6-7-11(12)15(20)18-4/h6-8,13-14,19H,5,9,17H2,1-4H3,(H,18,20). The number of hydrogen-bond acceptors (Lipinski definition) is 4. The molecule has 2 rings (SSSR count). The minimum Gasteiger partial charge on any atom is -0.399 e. The molecule has 1 saturated carbocycles. The Balaban J connectivity index is 2.17. The van der Waals surface area contributed by atoms with Crippen LogP contribution in [0.25, 0.3) is 0 Å². The molecule has 1 aromatic rings. The van der Waals surface area contributed by atoms with E-state index in [1.54, 1.807) is 19.2 Å². The van der Waals surface area contributed by atoms with Gasteiger partial charge in [-0.15, -0.1) is 0 Å². The van der Waals surface area contributed by atoms with E-state index in [4.69, 9.17) is 10.5 Å². The van der Waals surface area contributed by atoms with Crippen molar-refractivity contribution in [3.63, 3.8) is 0 Å². The molecule has 5 nitrogen and oxygen atoms in total. The monoisotopic (exact) mass is 291 g/mol. The van der Waals surface area contributed by atoms with E-state index in [0.29, 0.717) is 11.3 Å². The largest absolute Gasteiger partial charge is 0.399 e. The van der Waals surface area contributed by atoms with Gasteiger partial charge in [0.05, 0.1) is 11.7 Å². The molecule has 0 saturated heterocycles. The van der Waals surface area contributed by atoms with Gasteiger partial charge in [-0.25, -0.2) is 0 Å². The summed E-state index contributed by atoms with van der Waals surface area (Å²) in [5.74, 6) is -0.115. The van der Waals surface area contributed by atoms with Gasteiger partial charge in [0.1, 0.15) is 0 Å². The van der Waals surface area contributed by atoms with E-state index < -0.39 is 0 Å². The fourth-order valence-electron chi connectivity index (χ4n) is 2.82. The Bertz CT molecular complexity index is 528. The molecule has 0 spiro atoms. The normalized spacial score (nSPS) is 23.2. The van der Waals surface area contributed by atoms with Crippen molar-refractivity contribution in [3.05, 3.63) is 23.8 Å². The van der Waals surface area contributed by atoms with Crippen molar-refractivity contribution in [1.82, 2.24) is 5.32 Å². The van der Waals surface area contributed by atoms with E-state index in [2.05, 4.69) is 24.5 Å². The molecule has 116 valence electrons. The Kier molecular flexibility index (Phi) is 4.42. The van der Waals surface area contributed by atoms with Crippen LogP contribution >= 0.6 is 0 Å². The van der Waals surface area contributed by atoms with Gasteiger partial charge in [0.25, 0.3) is 5.91 Å². The van der Waals surface area contributed by atoms with Crippen LogP contribution in [0, 0.1) is 5.41 Å². The summed E-state index contributed by atoms with van der Waals surface area (Å²) in [6.07, 6.45) is 1.19. The van der Waals surface area contributed by atoms with Crippen LogP contribution in [-0.2, 0) is 4.74 Å². The van der Waals surface area contributed by atoms with E-state index in [9.17, 15) is 4.79 Å². The lowest BCUT2D eigenvalue weighted by molar-refractivity contribution is -0.0976. The van der Waals surface area contributed by atoms with Crippen LogP contribution in [0.4, 0.5) is 11.4 Å². The van der Waals surface area contributed by atoms with Crippen LogP contribution in [0.15, 0.2) is 18.2 Å². The molecule has 1 amide bonds. The minimum absolute atomic E-state index is 0.0283. The molecule has 0 radical (unpaired) electrons. The zero-order chi connectivity index (χ0) is 15.6. The smallest absolute Gasteiger partial charge is 0.253 e. The molecular formula is C16H25N3O2. The first-order chi connectivity index (χ1) is 9.90. The first kappa shape index (κ1) is 15.6. The average Bonchev–Trinajstić information content (AvgIpc) is 2.45. The molecule has 0 bridgehead atoms. The van der Waals surface area contributed by atoms with Gasteiger partial charge in [-0.1, -0.05) is 13.8 Å². The van der Waals surface area contributed by atoms with Gasteiger partial charge in [0, 0.05) is 36.5 Å². The van der Waals surface area contributed by atoms with Crippen LogP contribution in [-0.4, -0.2) is 31.7 Å². The molecule has 21 heavy (non-hydrogen) atoms. The lowest BCUT2D eigenvalue weighted by Crippen LogP contribution is -2.58. The summed E-state index contributed by atoms with van der Waals surface area (Å²) < 4.78 is 5.74. The molecule has 0 aliphatic heterocycles. The number of benzene rings is 1. The van der Waals surface area contributed by atoms with Gasteiger partial charge in [-0.3, -0.25) is 4.79 Å². The van der Waals surface area contributed by atoms with Gasteiger partial charge in [-0.05, 0) is 31.5 Å². The van der Waals surface area contributed by atoms with Crippen molar-refractivity contribution >= 4 is 17.3 Å². The number of nitrogen functional groups attached to an aromatic ring is 1. The Morgan fingerprint density at radius 1 is 1.48 bits per heavy atom. The van der Waals surface area contributed by atoms with E-state index in [1.807, 2.05) is 13.0 Å². The van der Waals surface area contributed by atoms with Crippen molar-refractivity contribution in [2.75, 3.05) is 24.7 Å². The SMILES string of the molecule is CCOC1CC(Nc2cc(N)ccc2C(=O)NC)C1(C)C. The highest BCUT2D eigenvalue weighted by Crippen LogP contribution is 2.44. The van der Waals surface area contributed by atoms with E-state index >= 15 is 0 Å². The third kappa shape index (κ3) is 2.97. The molecule has 4 N–H and O–H groups in total. The van der Waals surface area contributed by atoms with Crippen LogP contribution in [0.1, 0.15) is 37.6 Å². The third-order valence-corrected chi connectivity index (χ3v) is 4.39. The molecule has 5 heteroatoms. The predicted octanol–water partition coefficient (Wildman–Crippen LogP) is 2.24.